The van der Waals surface area contributed by atoms with Gasteiger partial charge in [0.05, 0.1) is 11.8 Å². The third-order valence-corrected chi connectivity index (χ3v) is 6.88. The first-order valence-corrected chi connectivity index (χ1v) is 10.8. The fraction of sp³-hybridized carbons (Fsp3) is 0.762. The molecule has 4 aliphatic rings. The molecular weight excluding hydrogens is 481 g/mol. The number of rotatable bonds is 6. The summed E-state index contributed by atoms with van der Waals surface area (Å²) in [6, 6.07) is 0. The fourth-order valence-corrected chi connectivity index (χ4v) is 5.28. The van der Waals surface area contributed by atoms with Crippen LogP contribution in [0.1, 0.15) is 26.2 Å². The van der Waals surface area contributed by atoms with E-state index in [1.165, 1.54) is 17.7 Å². The number of piperidine rings is 1. The number of halogens is 1. The third kappa shape index (κ3) is 4.62. The zero-order valence-corrected chi connectivity index (χ0v) is 19.8. The number of likely N-dealkylation sites (tertiary alicyclic amines) is 2. The van der Waals surface area contributed by atoms with E-state index in [2.05, 4.69) is 34.7 Å². The lowest BCUT2D eigenvalue weighted by atomic mass is 9.85. The second-order valence-corrected chi connectivity index (χ2v) is 8.72. The lowest BCUT2D eigenvalue weighted by Crippen LogP contribution is -2.44. The van der Waals surface area contributed by atoms with Crippen molar-refractivity contribution in [1.82, 2.24) is 20.4 Å². The molecule has 2 aliphatic carbocycles. The second-order valence-electron chi connectivity index (χ2n) is 8.72. The van der Waals surface area contributed by atoms with Crippen LogP contribution in [0.5, 0.6) is 0 Å². The smallest absolute Gasteiger partial charge is 0.233 e. The van der Waals surface area contributed by atoms with E-state index >= 15 is 0 Å². The molecule has 0 aromatic carbocycles. The van der Waals surface area contributed by atoms with Crippen molar-refractivity contribution in [1.29, 1.82) is 0 Å². The van der Waals surface area contributed by atoms with Gasteiger partial charge in [0, 0.05) is 26.2 Å². The van der Waals surface area contributed by atoms with Crippen LogP contribution in [0.3, 0.4) is 0 Å². The van der Waals surface area contributed by atoms with Crippen molar-refractivity contribution in [3.05, 3.63) is 12.2 Å². The van der Waals surface area contributed by atoms with E-state index in [1.54, 1.807) is 0 Å². The molecule has 2 saturated heterocycles. The summed E-state index contributed by atoms with van der Waals surface area (Å²) in [6.45, 7) is 6.90. The molecule has 2 heterocycles. The first kappa shape index (κ1) is 22.5. The first-order chi connectivity index (χ1) is 13.6. The van der Waals surface area contributed by atoms with Crippen molar-refractivity contribution in [2.45, 2.75) is 26.2 Å². The maximum absolute atomic E-state index is 12.7. The summed E-state index contributed by atoms with van der Waals surface area (Å²) >= 11 is 0. The van der Waals surface area contributed by atoms with E-state index in [-0.39, 0.29) is 59.5 Å². The van der Waals surface area contributed by atoms with Gasteiger partial charge in [-0.15, -0.1) is 24.0 Å². The maximum atomic E-state index is 12.7. The van der Waals surface area contributed by atoms with Gasteiger partial charge in [0.25, 0.3) is 0 Å². The van der Waals surface area contributed by atoms with Crippen LogP contribution in [0.15, 0.2) is 17.1 Å². The number of nitrogens with one attached hydrogen (secondary N) is 2. The number of carbonyl (C=O) groups excluding carboxylic acids is 2. The molecule has 0 spiro atoms. The Morgan fingerprint density at radius 2 is 1.72 bits per heavy atom. The molecule has 0 radical (unpaired) electrons. The molecule has 0 aromatic heterocycles. The quantitative estimate of drug-likeness (QED) is 0.184. The minimum absolute atomic E-state index is 0. The summed E-state index contributed by atoms with van der Waals surface area (Å²) in [5, 5.41) is 6.58. The molecule has 162 valence electrons. The number of fused-ring (bicyclic) bond motifs is 5. The highest BCUT2D eigenvalue weighted by atomic mass is 127. The largest absolute Gasteiger partial charge is 0.357 e. The summed E-state index contributed by atoms with van der Waals surface area (Å²) in [5.74, 6) is 1.82. The summed E-state index contributed by atoms with van der Waals surface area (Å²) in [5.41, 5.74) is 0. The topological polar surface area (TPSA) is 77.0 Å². The number of amides is 2. The van der Waals surface area contributed by atoms with Crippen LogP contribution >= 0.6 is 24.0 Å². The van der Waals surface area contributed by atoms with E-state index in [1.807, 2.05) is 6.92 Å². The zero-order chi connectivity index (χ0) is 19.7. The number of hydrogen-bond acceptors (Lipinski definition) is 4. The first-order valence-electron chi connectivity index (χ1n) is 10.8. The predicted octanol–water partition coefficient (Wildman–Crippen LogP) is 1.31. The Morgan fingerprint density at radius 3 is 2.31 bits per heavy atom. The molecule has 7 nitrogen and oxygen atoms in total. The van der Waals surface area contributed by atoms with Gasteiger partial charge in [-0.25, -0.2) is 0 Å². The highest BCUT2D eigenvalue weighted by Gasteiger charge is 2.58. The maximum Gasteiger partial charge on any atom is 0.233 e. The molecule has 1 saturated carbocycles. The molecule has 2 N–H and O–H groups in total. The number of nitrogens with zero attached hydrogens (tertiary/aromatic N) is 3. The van der Waals surface area contributed by atoms with Gasteiger partial charge in [-0.1, -0.05) is 12.2 Å². The number of carbonyl (C=O) groups is 2. The number of allylic oxidation sites excluding steroid dienone is 2. The van der Waals surface area contributed by atoms with Crippen LogP contribution in [0.4, 0.5) is 0 Å². The van der Waals surface area contributed by atoms with Crippen LogP contribution in [0.2, 0.25) is 0 Å². The highest BCUT2D eigenvalue weighted by Crippen LogP contribution is 2.52. The van der Waals surface area contributed by atoms with Gasteiger partial charge < -0.3 is 15.5 Å². The Morgan fingerprint density at radius 1 is 1.10 bits per heavy atom. The summed E-state index contributed by atoms with van der Waals surface area (Å²) < 4.78 is 0. The molecule has 4 atom stereocenters. The Labute approximate surface area is 190 Å². The lowest BCUT2D eigenvalue weighted by Gasteiger charge is -2.28. The van der Waals surface area contributed by atoms with Gasteiger partial charge in [0.2, 0.25) is 11.8 Å². The monoisotopic (exact) mass is 515 g/mol. The van der Waals surface area contributed by atoms with Gasteiger partial charge in [-0.2, -0.15) is 0 Å². The molecule has 2 amide bonds. The molecule has 0 aromatic rings. The number of hydrogen-bond donors (Lipinski definition) is 2. The molecule has 2 bridgehead atoms. The summed E-state index contributed by atoms with van der Waals surface area (Å²) in [7, 11) is 2.17. The average Bonchev–Trinajstić information content (AvgIpc) is 3.37. The average molecular weight is 515 g/mol. The number of guanidine groups is 1. The lowest BCUT2D eigenvalue weighted by molar-refractivity contribution is -0.140. The van der Waals surface area contributed by atoms with E-state index in [0.29, 0.717) is 19.0 Å². The summed E-state index contributed by atoms with van der Waals surface area (Å²) in [6.07, 6.45) is 7.63. The van der Waals surface area contributed by atoms with Gasteiger partial charge in [-0.3, -0.25) is 19.5 Å². The standard InChI is InChI=1S/C21H33N5O2.HI/c1-3-22-21(24-13-14-6-9-25(2)10-7-14)23-8-11-26-19(27)17-15-4-5-16(12-15)18(17)20(26)28;/h4-5,14-18H,3,6-13H2,1-2H3,(H2,22,23,24);1H. The van der Waals surface area contributed by atoms with Crippen LogP contribution < -0.4 is 10.6 Å². The normalized spacial score (nSPS) is 31.9. The highest BCUT2D eigenvalue weighted by molar-refractivity contribution is 14.0. The van der Waals surface area contributed by atoms with Crippen molar-refractivity contribution in [2.75, 3.05) is 46.3 Å². The molecule has 8 heteroatoms. The van der Waals surface area contributed by atoms with Gasteiger partial charge >= 0.3 is 0 Å². The molecule has 29 heavy (non-hydrogen) atoms. The number of imide groups is 1. The Kier molecular flexibility index (Phi) is 7.58. The van der Waals surface area contributed by atoms with Crippen molar-refractivity contribution >= 4 is 41.8 Å². The Hall–Kier alpha value is -1.16. The molecule has 2 aliphatic heterocycles. The molecule has 4 rings (SSSR count). The molecular formula is C21H34IN5O2. The van der Waals surface area contributed by atoms with Gasteiger partial charge in [0.15, 0.2) is 5.96 Å². The SMILES string of the molecule is CCNC(=NCC1CCN(C)CC1)NCCN1C(=O)C2C3C=CC(C3)C2C1=O.I. The van der Waals surface area contributed by atoms with Crippen LogP contribution in [-0.4, -0.2) is 73.9 Å². The van der Waals surface area contributed by atoms with Crippen molar-refractivity contribution in [2.24, 2.45) is 34.6 Å². The van der Waals surface area contributed by atoms with E-state index in [0.717, 1.165) is 38.6 Å². The van der Waals surface area contributed by atoms with E-state index in [4.69, 9.17) is 4.99 Å². The fourth-order valence-electron chi connectivity index (χ4n) is 5.28. The van der Waals surface area contributed by atoms with Gasteiger partial charge in [-0.05, 0) is 64.1 Å². The minimum atomic E-state index is -0.103. The van der Waals surface area contributed by atoms with Crippen LogP contribution in [-0.2, 0) is 9.59 Å². The van der Waals surface area contributed by atoms with Crippen molar-refractivity contribution in [3.63, 3.8) is 0 Å². The molecule has 3 fully saturated rings. The van der Waals surface area contributed by atoms with Crippen molar-refractivity contribution < 1.29 is 9.59 Å². The Balaban J connectivity index is 0.00000240. The number of aliphatic imine (C=N–C) groups is 1. The van der Waals surface area contributed by atoms with Crippen LogP contribution in [0, 0.1) is 29.6 Å². The van der Waals surface area contributed by atoms with Gasteiger partial charge in [0.1, 0.15) is 0 Å². The van der Waals surface area contributed by atoms with Crippen LogP contribution in [0.25, 0.3) is 0 Å². The predicted molar refractivity (Wildman–Crippen MR) is 124 cm³/mol. The van der Waals surface area contributed by atoms with E-state index in [9.17, 15) is 9.59 Å². The van der Waals surface area contributed by atoms with E-state index < -0.39 is 0 Å². The Bertz CT molecular complexity index is 644. The minimum Gasteiger partial charge on any atom is -0.357 e. The summed E-state index contributed by atoms with van der Waals surface area (Å²) in [4.78, 5) is 34.1. The second kappa shape index (κ2) is 9.76. The zero-order valence-electron chi connectivity index (χ0n) is 17.5. The third-order valence-electron chi connectivity index (χ3n) is 6.88. The molecule has 4 unspecified atom stereocenters. The van der Waals surface area contributed by atoms with Crippen molar-refractivity contribution in [3.8, 4) is 0 Å².